The molecule has 2 N–H and O–H groups in total. The molecular weight excluding hydrogens is 305 g/mol. The van der Waals surface area contributed by atoms with Crippen molar-refractivity contribution < 1.29 is 18.0 Å². The monoisotopic (exact) mass is 328 g/mol. The minimum absolute atomic E-state index is 0. The fourth-order valence-electron chi connectivity index (χ4n) is 3.43. The first-order valence-corrected chi connectivity index (χ1v) is 7.32. The van der Waals surface area contributed by atoms with E-state index in [2.05, 4.69) is 0 Å². The molecule has 1 aliphatic carbocycles. The molecule has 21 heavy (non-hydrogen) atoms. The summed E-state index contributed by atoms with van der Waals surface area (Å²) in [6.45, 7) is 3.48. The molecule has 1 saturated carbocycles. The molecule has 7 heteroatoms. The van der Waals surface area contributed by atoms with E-state index in [0.717, 1.165) is 6.42 Å². The number of nitrogens with zero attached hydrogens (tertiary/aromatic N) is 1. The minimum Gasteiger partial charge on any atom is -0.342 e. The Morgan fingerprint density at radius 3 is 2.48 bits per heavy atom. The number of amides is 1. The Balaban J connectivity index is 0.00000220. The Morgan fingerprint density at radius 1 is 1.33 bits per heavy atom. The van der Waals surface area contributed by atoms with Crippen LogP contribution in [0.15, 0.2) is 0 Å². The Morgan fingerprint density at radius 2 is 1.95 bits per heavy atom. The van der Waals surface area contributed by atoms with Crippen LogP contribution < -0.4 is 5.73 Å². The van der Waals surface area contributed by atoms with Gasteiger partial charge in [0.1, 0.15) is 0 Å². The lowest BCUT2D eigenvalue weighted by atomic mass is 9.78. The number of nitrogens with two attached hydrogens (primary N) is 1. The summed E-state index contributed by atoms with van der Waals surface area (Å²) in [5, 5.41) is 0. The van der Waals surface area contributed by atoms with E-state index < -0.39 is 18.0 Å². The molecule has 1 amide bonds. The molecule has 1 aliphatic heterocycles. The molecular formula is C14H24ClF3N2O. The first-order valence-electron chi connectivity index (χ1n) is 7.32. The van der Waals surface area contributed by atoms with Crippen molar-refractivity contribution in [1.29, 1.82) is 0 Å². The van der Waals surface area contributed by atoms with Crippen LogP contribution in [0.2, 0.25) is 0 Å². The highest BCUT2D eigenvalue weighted by Gasteiger charge is 2.50. The molecule has 0 spiro atoms. The van der Waals surface area contributed by atoms with Crippen molar-refractivity contribution in [1.82, 2.24) is 4.90 Å². The molecule has 0 radical (unpaired) electrons. The maximum Gasteiger partial charge on any atom is 0.392 e. The number of halogens is 4. The molecule has 2 aliphatic rings. The fourth-order valence-corrected chi connectivity index (χ4v) is 3.43. The predicted octanol–water partition coefficient (Wildman–Crippen LogP) is 2.97. The van der Waals surface area contributed by atoms with Crippen molar-refractivity contribution in [3.8, 4) is 0 Å². The van der Waals surface area contributed by atoms with E-state index in [0.29, 0.717) is 38.9 Å². The highest BCUT2D eigenvalue weighted by Crippen LogP contribution is 2.43. The van der Waals surface area contributed by atoms with E-state index in [-0.39, 0.29) is 30.2 Å². The zero-order valence-electron chi connectivity index (χ0n) is 12.3. The van der Waals surface area contributed by atoms with Gasteiger partial charge in [-0.3, -0.25) is 4.79 Å². The van der Waals surface area contributed by atoms with E-state index in [1.165, 1.54) is 0 Å². The number of likely N-dealkylation sites (tertiary alicyclic amines) is 1. The van der Waals surface area contributed by atoms with Crippen molar-refractivity contribution in [3.05, 3.63) is 0 Å². The topological polar surface area (TPSA) is 46.3 Å². The summed E-state index contributed by atoms with van der Waals surface area (Å²) in [6, 6.07) is 0. The molecule has 3 nitrogen and oxygen atoms in total. The fraction of sp³-hybridized carbons (Fsp3) is 0.929. The summed E-state index contributed by atoms with van der Waals surface area (Å²) in [4.78, 5) is 14.0. The van der Waals surface area contributed by atoms with Crippen LogP contribution in [0.5, 0.6) is 0 Å². The van der Waals surface area contributed by atoms with Crippen LogP contribution in [-0.2, 0) is 4.79 Å². The highest BCUT2D eigenvalue weighted by molar-refractivity contribution is 5.85. The third-order valence-electron chi connectivity index (χ3n) is 4.87. The highest BCUT2D eigenvalue weighted by atomic mass is 35.5. The van der Waals surface area contributed by atoms with Crippen molar-refractivity contribution in [3.63, 3.8) is 0 Å². The largest absolute Gasteiger partial charge is 0.392 e. The maximum atomic E-state index is 13.1. The average molecular weight is 329 g/mol. The minimum atomic E-state index is -4.27. The van der Waals surface area contributed by atoms with Gasteiger partial charge in [0.25, 0.3) is 0 Å². The lowest BCUT2D eigenvalue weighted by Gasteiger charge is -2.34. The maximum absolute atomic E-state index is 13.1. The van der Waals surface area contributed by atoms with Gasteiger partial charge < -0.3 is 10.6 Å². The van der Waals surface area contributed by atoms with Crippen molar-refractivity contribution in [2.45, 2.75) is 45.2 Å². The first-order chi connectivity index (χ1) is 9.27. The van der Waals surface area contributed by atoms with Crippen LogP contribution in [0, 0.1) is 17.3 Å². The second kappa shape index (κ2) is 6.73. The zero-order valence-corrected chi connectivity index (χ0v) is 13.1. The molecule has 2 fully saturated rings. The molecule has 0 bridgehead atoms. The third kappa shape index (κ3) is 4.03. The van der Waals surface area contributed by atoms with Crippen molar-refractivity contribution in [2.75, 3.05) is 19.6 Å². The summed E-state index contributed by atoms with van der Waals surface area (Å²) in [7, 11) is 0. The summed E-state index contributed by atoms with van der Waals surface area (Å²) < 4.78 is 39.2. The smallest absolute Gasteiger partial charge is 0.342 e. The van der Waals surface area contributed by atoms with Crippen LogP contribution in [0.3, 0.4) is 0 Å². The number of hydrogen-bond donors (Lipinski definition) is 1. The SMILES string of the molecule is CC1(CN)CCN(C(=O)C2CCCCC2C(F)(F)F)C1.Cl. The summed E-state index contributed by atoms with van der Waals surface area (Å²) in [5.41, 5.74) is 5.55. The molecule has 124 valence electrons. The van der Waals surface area contributed by atoms with Crippen molar-refractivity contribution in [2.24, 2.45) is 23.0 Å². The van der Waals surface area contributed by atoms with Gasteiger partial charge in [-0.15, -0.1) is 12.4 Å². The molecule has 0 aromatic carbocycles. The number of hydrogen-bond acceptors (Lipinski definition) is 2. The van der Waals surface area contributed by atoms with E-state index >= 15 is 0 Å². The predicted molar refractivity (Wildman–Crippen MR) is 77.1 cm³/mol. The standard InChI is InChI=1S/C14H23F3N2O.ClH/c1-13(8-18)6-7-19(9-13)12(20)10-4-2-3-5-11(10)14(15,16)17;/h10-11H,2-9,18H2,1H3;1H. The molecule has 0 aromatic rings. The Labute approximate surface area is 129 Å². The Bertz CT molecular complexity index is 378. The first kappa shape index (κ1) is 18.6. The number of rotatable bonds is 2. The van der Waals surface area contributed by atoms with Gasteiger partial charge in [-0.1, -0.05) is 19.8 Å². The molecule has 1 heterocycles. The second-order valence-corrected chi connectivity index (χ2v) is 6.56. The van der Waals surface area contributed by atoms with Crippen LogP contribution in [0.4, 0.5) is 13.2 Å². The summed E-state index contributed by atoms with van der Waals surface area (Å²) >= 11 is 0. The quantitative estimate of drug-likeness (QED) is 0.847. The van der Waals surface area contributed by atoms with E-state index in [1.54, 1.807) is 4.90 Å². The van der Waals surface area contributed by atoms with Gasteiger partial charge in [0.05, 0.1) is 5.92 Å². The van der Waals surface area contributed by atoms with Crippen molar-refractivity contribution >= 4 is 18.3 Å². The molecule has 2 rings (SSSR count). The second-order valence-electron chi connectivity index (χ2n) is 6.56. The van der Waals surface area contributed by atoms with E-state index in [9.17, 15) is 18.0 Å². The third-order valence-corrected chi connectivity index (χ3v) is 4.87. The van der Waals surface area contributed by atoms with Gasteiger partial charge in [-0.25, -0.2) is 0 Å². The van der Waals surface area contributed by atoms with Gasteiger partial charge in [-0.2, -0.15) is 13.2 Å². The van der Waals surface area contributed by atoms with E-state index in [4.69, 9.17) is 5.73 Å². The van der Waals surface area contributed by atoms with Gasteiger partial charge in [0.2, 0.25) is 5.91 Å². The zero-order chi connectivity index (χ0) is 15.0. The Kier molecular flexibility index (Phi) is 5.95. The van der Waals surface area contributed by atoms with Gasteiger partial charge in [0, 0.05) is 19.0 Å². The number of carbonyl (C=O) groups excluding carboxylic acids is 1. The van der Waals surface area contributed by atoms with Crippen LogP contribution in [0.25, 0.3) is 0 Å². The van der Waals surface area contributed by atoms with E-state index in [1.807, 2.05) is 6.92 Å². The number of alkyl halides is 3. The lowest BCUT2D eigenvalue weighted by molar-refractivity contribution is -0.200. The molecule has 1 saturated heterocycles. The van der Waals surface area contributed by atoms with Crippen LogP contribution in [-0.4, -0.2) is 36.6 Å². The van der Waals surface area contributed by atoms with Gasteiger partial charge in [0.15, 0.2) is 0 Å². The van der Waals surface area contributed by atoms with Gasteiger partial charge in [-0.05, 0) is 31.2 Å². The average Bonchev–Trinajstić information content (AvgIpc) is 2.80. The molecule has 0 aromatic heterocycles. The summed E-state index contributed by atoms with van der Waals surface area (Å²) in [5.74, 6) is -2.67. The van der Waals surface area contributed by atoms with Crippen LogP contribution >= 0.6 is 12.4 Å². The summed E-state index contributed by atoms with van der Waals surface area (Å²) in [6.07, 6.45) is -1.77. The molecule has 3 atom stereocenters. The normalized spacial score (nSPS) is 33.7. The van der Waals surface area contributed by atoms with Crippen LogP contribution in [0.1, 0.15) is 39.0 Å². The number of carbonyl (C=O) groups is 1. The lowest BCUT2D eigenvalue weighted by Crippen LogP contribution is -2.44. The van der Waals surface area contributed by atoms with Gasteiger partial charge >= 0.3 is 6.18 Å². The Hall–Kier alpha value is -0.490. The molecule has 3 unspecified atom stereocenters.